The van der Waals surface area contributed by atoms with Gasteiger partial charge in [-0.25, -0.2) is 14.8 Å². The predicted molar refractivity (Wildman–Crippen MR) is 166 cm³/mol. The van der Waals surface area contributed by atoms with Crippen LogP contribution >= 0.6 is 0 Å². The minimum Gasteiger partial charge on any atom is -0.497 e. The molecule has 6 atom stereocenters. The largest absolute Gasteiger partial charge is 0.497 e. The highest BCUT2D eigenvalue weighted by Gasteiger charge is 2.53. The summed E-state index contributed by atoms with van der Waals surface area (Å²) in [6.07, 6.45) is 1.13. The third kappa shape index (κ3) is 6.73. The maximum atomic E-state index is 16.0. The lowest BCUT2D eigenvalue weighted by Gasteiger charge is -2.42. The number of Topliss-reactive ketones (excluding diaryl/α,β-unsaturated/α-hetero) is 1. The Kier molecular flexibility index (Phi) is 9.30. The first-order valence-electron chi connectivity index (χ1n) is 16.7. The van der Waals surface area contributed by atoms with Gasteiger partial charge in [-0.3, -0.25) is 9.59 Å². The molecule has 1 N–H and O–H groups in total. The Labute approximate surface area is 273 Å². The van der Waals surface area contributed by atoms with Crippen LogP contribution in [0.15, 0.2) is 18.2 Å². The number of amides is 2. The molecule has 2 saturated heterocycles. The number of carbonyl (C=O) groups excluding carboxylic acids is 3. The van der Waals surface area contributed by atoms with Gasteiger partial charge in [0.15, 0.2) is 11.5 Å². The zero-order valence-corrected chi connectivity index (χ0v) is 27.4. The molecule has 0 spiro atoms. The van der Waals surface area contributed by atoms with Gasteiger partial charge in [0.05, 0.1) is 30.7 Å². The molecule has 2 aromatic rings. The molecule has 6 rings (SSSR count). The summed E-state index contributed by atoms with van der Waals surface area (Å²) in [5.74, 6) is -4.36. The maximum Gasteiger partial charge on any atom is 0.408 e. The molecule has 2 bridgehead atoms. The summed E-state index contributed by atoms with van der Waals surface area (Å²) in [4.78, 5) is 51.4. The molecule has 0 radical (unpaired) electrons. The molecule has 3 fully saturated rings. The highest BCUT2D eigenvalue weighted by atomic mass is 19.3. The van der Waals surface area contributed by atoms with Gasteiger partial charge in [-0.15, -0.1) is 0 Å². The van der Waals surface area contributed by atoms with E-state index in [2.05, 4.69) is 15.3 Å². The van der Waals surface area contributed by atoms with Crippen LogP contribution in [-0.4, -0.2) is 83.8 Å². The molecule has 1 aromatic carbocycles. The number of ketones is 1. The third-order valence-corrected chi connectivity index (χ3v) is 10.5. The molecule has 1 aromatic heterocycles. The number of hydrogen-bond donors (Lipinski definition) is 1. The molecule has 11 nitrogen and oxygen atoms in total. The zero-order valence-electron chi connectivity index (χ0n) is 27.4. The number of alkyl carbamates (subject to hydrolysis) is 1. The van der Waals surface area contributed by atoms with E-state index in [0.717, 1.165) is 0 Å². The number of alkyl halides is 2. The molecule has 256 valence electrons. The number of aromatic nitrogens is 2. The van der Waals surface area contributed by atoms with Gasteiger partial charge >= 0.3 is 6.09 Å². The third-order valence-electron chi connectivity index (χ3n) is 10.5. The van der Waals surface area contributed by atoms with Crippen LogP contribution in [0.5, 0.6) is 11.6 Å². The SMILES string of the molecule is CC[C@@H]1[C@@H]2CN(C(=O)[C@H](C3(C)CCOCC3)NC(=O)O[C@@H]3C[C@H]3CCCCC(F)(F)c3nc4ccc(OC)cc4nc3O2)[C@@H]1C(C)=O. The number of fused-ring (bicyclic) bond motifs is 5. The fourth-order valence-electron chi connectivity index (χ4n) is 7.50. The minimum absolute atomic E-state index is 0.0606. The fourth-order valence-corrected chi connectivity index (χ4v) is 7.50. The topological polar surface area (TPSA) is 129 Å². The second kappa shape index (κ2) is 13.1. The van der Waals surface area contributed by atoms with E-state index in [0.29, 0.717) is 63.0 Å². The number of methoxy groups -OCH3 is 1. The molecular weight excluding hydrogens is 614 g/mol. The van der Waals surface area contributed by atoms with Crippen molar-refractivity contribution in [1.82, 2.24) is 20.2 Å². The lowest BCUT2D eigenvalue weighted by molar-refractivity contribution is -0.143. The Morgan fingerprint density at radius 1 is 1.09 bits per heavy atom. The van der Waals surface area contributed by atoms with E-state index in [4.69, 9.17) is 18.9 Å². The van der Waals surface area contributed by atoms with Crippen molar-refractivity contribution in [3.05, 3.63) is 23.9 Å². The standard InChI is InChI=1S/C34H44F2N4O7/c1-5-22-26-18-40(27(22)19(2)41)31(42)29(33(3)12-14-45-15-13-33)39-32(43)47-25-16-20(25)8-6-7-11-34(35,36)28-30(46-26)38-24-17-21(44-4)9-10-23(24)37-28/h9-10,17,20,22,25-27,29H,5-8,11-16,18H2,1-4H3,(H,39,43)/t20-,22-,25-,26+,27-,29-/m1/s1. The predicted octanol–water partition coefficient (Wildman–Crippen LogP) is 5.18. The van der Waals surface area contributed by atoms with E-state index in [1.807, 2.05) is 13.8 Å². The first-order valence-corrected chi connectivity index (χ1v) is 16.7. The summed E-state index contributed by atoms with van der Waals surface area (Å²) in [7, 11) is 1.50. The number of hydrogen-bond acceptors (Lipinski definition) is 9. The monoisotopic (exact) mass is 658 g/mol. The van der Waals surface area contributed by atoms with E-state index in [-0.39, 0.29) is 42.2 Å². The van der Waals surface area contributed by atoms with Gasteiger partial charge < -0.3 is 29.2 Å². The first kappa shape index (κ1) is 33.3. The van der Waals surface area contributed by atoms with Crippen LogP contribution in [0, 0.1) is 17.3 Å². The van der Waals surface area contributed by atoms with Crippen molar-refractivity contribution in [2.75, 3.05) is 26.9 Å². The molecule has 0 unspecified atom stereocenters. The van der Waals surface area contributed by atoms with Crippen molar-refractivity contribution >= 4 is 28.8 Å². The van der Waals surface area contributed by atoms with Crippen molar-refractivity contribution in [2.24, 2.45) is 17.3 Å². The lowest BCUT2D eigenvalue weighted by atomic mass is 9.75. The quantitative estimate of drug-likeness (QED) is 0.473. The fraction of sp³-hybridized carbons (Fsp3) is 0.676. The number of ether oxygens (including phenoxy) is 4. The average Bonchev–Trinajstić information content (AvgIpc) is 3.67. The Morgan fingerprint density at radius 3 is 2.55 bits per heavy atom. The molecule has 13 heteroatoms. The van der Waals surface area contributed by atoms with Gasteiger partial charge in [0.1, 0.15) is 24.0 Å². The van der Waals surface area contributed by atoms with Crippen LogP contribution in [0.4, 0.5) is 13.6 Å². The Hall–Kier alpha value is -3.61. The van der Waals surface area contributed by atoms with E-state index < -0.39 is 59.6 Å². The van der Waals surface area contributed by atoms with Crippen molar-refractivity contribution < 1.29 is 42.1 Å². The Morgan fingerprint density at radius 2 is 1.85 bits per heavy atom. The highest BCUT2D eigenvalue weighted by molar-refractivity contribution is 5.92. The first-order chi connectivity index (χ1) is 22.4. The lowest BCUT2D eigenvalue weighted by Crippen LogP contribution is -2.59. The highest BCUT2D eigenvalue weighted by Crippen LogP contribution is 2.44. The second-order valence-corrected chi connectivity index (χ2v) is 13.7. The van der Waals surface area contributed by atoms with E-state index in [9.17, 15) is 14.4 Å². The van der Waals surface area contributed by atoms with Crippen LogP contribution in [0.2, 0.25) is 0 Å². The second-order valence-electron chi connectivity index (χ2n) is 13.7. The molecule has 4 heterocycles. The van der Waals surface area contributed by atoms with E-state index in [1.54, 1.807) is 18.2 Å². The minimum atomic E-state index is -3.36. The van der Waals surface area contributed by atoms with Crippen LogP contribution < -0.4 is 14.8 Å². The summed E-state index contributed by atoms with van der Waals surface area (Å²) in [5, 5.41) is 2.88. The Balaban J connectivity index is 1.42. The summed E-state index contributed by atoms with van der Waals surface area (Å²) < 4.78 is 55.0. The summed E-state index contributed by atoms with van der Waals surface area (Å²) >= 11 is 0. The van der Waals surface area contributed by atoms with Gasteiger partial charge in [0, 0.05) is 37.0 Å². The number of nitrogens with one attached hydrogen (secondary N) is 1. The van der Waals surface area contributed by atoms with E-state index in [1.165, 1.54) is 18.9 Å². The van der Waals surface area contributed by atoms with Crippen LogP contribution in [0.1, 0.15) is 77.8 Å². The number of carbonyl (C=O) groups is 3. The van der Waals surface area contributed by atoms with Crippen molar-refractivity contribution in [3.8, 4) is 11.6 Å². The van der Waals surface area contributed by atoms with Crippen LogP contribution in [-0.2, 0) is 25.0 Å². The number of nitrogens with zero attached hydrogens (tertiary/aromatic N) is 3. The normalized spacial score (nSPS) is 30.9. The molecular formula is C34H44F2N4O7. The summed E-state index contributed by atoms with van der Waals surface area (Å²) in [5.41, 5.74) is -0.646. The average molecular weight is 659 g/mol. The van der Waals surface area contributed by atoms with Crippen LogP contribution in [0.3, 0.4) is 0 Å². The summed E-state index contributed by atoms with van der Waals surface area (Å²) in [6, 6.07) is 2.93. The molecule has 1 saturated carbocycles. The van der Waals surface area contributed by atoms with Crippen molar-refractivity contribution in [2.45, 2.75) is 102 Å². The van der Waals surface area contributed by atoms with Crippen molar-refractivity contribution in [3.63, 3.8) is 0 Å². The van der Waals surface area contributed by atoms with Gasteiger partial charge in [-0.05, 0) is 63.5 Å². The smallest absolute Gasteiger partial charge is 0.408 e. The molecule has 4 aliphatic rings. The summed E-state index contributed by atoms with van der Waals surface area (Å²) in [6.45, 7) is 5.99. The molecule has 3 aliphatic heterocycles. The molecule has 1 aliphatic carbocycles. The molecule has 47 heavy (non-hydrogen) atoms. The molecule has 2 amide bonds. The number of benzene rings is 1. The van der Waals surface area contributed by atoms with E-state index >= 15 is 8.78 Å². The van der Waals surface area contributed by atoms with Gasteiger partial charge in [0.25, 0.3) is 5.92 Å². The van der Waals surface area contributed by atoms with Gasteiger partial charge in [-0.1, -0.05) is 20.3 Å². The maximum absolute atomic E-state index is 16.0. The Bertz CT molecular complexity index is 1520. The van der Waals surface area contributed by atoms with Crippen molar-refractivity contribution in [1.29, 1.82) is 0 Å². The van der Waals surface area contributed by atoms with Crippen LogP contribution in [0.25, 0.3) is 11.0 Å². The van der Waals surface area contributed by atoms with Gasteiger partial charge in [0.2, 0.25) is 11.8 Å². The number of halogens is 2. The number of rotatable bonds is 4. The van der Waals surface area contributed by atoms with Gasteiger partial charge in [-0.2, -0.15) is 8.78 Å². The zero-order chi connectivity index (χ0) is 33.5.